The normalized spacial score (nSPS) is 16.7. The Hall–Kier alpha value is -4.35. The number of carbonyl (C=O) groups excluding carboxylic acids is 2. The van der Waals surface area contributed by atoms with Crippen molar-refractivity contribution in [3.05, 3.63) is 82.9 Å². The van der Waals surface area contributed by atoms with Crippen LogP contribution in [0.4, 0.5) is 17.6 Å². The lowest BCUT2D eigenvalue weighted by Gasteiger charge is -2.39. The van der Waals surface area contributed by atoms with E-state index >= 15 is 0 Å². The van der Waals surface area contributed by atoms with Crippen molar-refractivity contribution < 1.29 is 46.1 Å². The van der Waals surface area contributed by atoms with E-state index in [4.69, 9.17) is 14.2 Å². The Bertz CT molecular complexity index is 1350. The van der Waals surface area contributed by atoms with Crippen LogP contribution in [-0.4, -0.2) is 44.0 Å². The number of rotatable bonds is 6. The molecule has 4 rings (SSSR count). The van der Waals surface area contributed by atoms with Crippen molar-refractivity contribution in [2.75, 3.05) is 20.8 Å². The molecule has 1 atom stereocenters. The maximum absolute atomic E-state index is 14.8. The standard InChI is InChI=1S/C25H20F4N2O6/c1-34-18-7-5-14(12-16(18)23(33)35-2)22(32)31-24(9-11-36-20-4-3-10-30-21(20)24)15-6-8-19(17(26)13-15)37-25(27,28)29/h3-8,10,12-13H,9,11H2,1-2H3,(H,31,32)/t24-/m0/s1. The molecule has 0 unspecified atom stereocenters. The molecule has 2 heterocycles. The number of halogens is 4. The largest absolute Gasteiger partial charge is 0.573 e. The third kappa shape index (κ3) is 5.13. The van der Waals surface area contributed by atoms with Crippen LogP contribution in [-0.2, 0) is 10.3 Å². The minimum atomic E-state index is -5.09. The molecule has 1 N–H and O–H groups in total. The number of methoxy groups -OCH3 is 2. The monoisotopic (exact) mass is 520 g/mol. The number of alkyl halides is 3. The van der Waals surface area contributed by atoms with Crippen LogP contribution in [0.1, 0.15) is 38.4 Å². The number of nitrogens with zero attached hydrogens (tertiary/aromatic N) is 1. The molecule has 0 radical (unpaired) electrons. The summed E-state index contributed by atoms with van der Waals surface area (Å²) in [6.07, 6.45) is -3.58. The van der Waals surface area contributed by atoms with Gasteiger partial charge < -0.3 is 24.3 Å². The Kier molecular flexibility index (Phi) is 6.92. The summed E-state index contributed by atoms with van der Waals surface area (Å²) in [6.45, 7) is 0.0808. The second-order valence-corrected chi connectivity index (χ2v) is 7.91. The second-order valence-electron chi connectivity index (χ2n) is 7.91. The third-order valence-electron chi connectivity index (χ3n) is 5.75. The summed E-state index contributed by atoms with van der Waals surface area (Å²) >= 11 is 0. The number of carbonyl (C=O) groups is 2. The molecule has 1 aromatic heterocycles. The second kappa shape index (κ2) is 9.96. The van der Waals surface area contributed by atoms with Gasteiger partial charge in [0.2, 0.25) is 0 Å². The lowest BCUT2D eigenvalue weighted by molar-refractivity contribution is -0.275. The first-order valence-electron chi connectivity index (χ1n) is 10.8. The fraction of sp³-hybridized carbons (Fsp3) is 0.240. The van der Waals surface area contributed by atoms with Gasteiger partial charge in [-0.25, -0.2) is 9.18 Å². The predicted molar refractivity (Wildman–Crippen MR) is 120 cm³/mol. The smallest absolute Gasteiger partial charge is 0.496 e. The molecule has 2 aromatic carbocycles. The van der Waals surface area contributed by atoms with Gasteiger partial charge >= 0.3 is 12.3 Å². The van der Waals surface area contributed by atoms with Gasteiger partial charge in [0.05, 0.1) is 20.8 Å². The minimum Gasteiger partial charge on any atom is -0.496 e. The summed E-state index contributed by atoms with van der Waals surface area (Å²) in [5.41, 5.74) is -1.12. The van der Waals surface area contributed by atoms with Gasteiger partial charge in [0.15, 0.2) is 11.6 Å². The number of hydrogen-bond acceptors (Lipinski definition) is 7. The number of fused-ring (bicyclic) bond motifs is 1. The fourth-order valence-electron chi connectivity index (χ4n) is 4.09. The number of hydrogen-bond donors (Lipinski definition) is 1. The van der Waals surface area contributed by atoms with Crippen molar-refractivity contribution in [1.82, 2.24) is 10.3 Å². The molecule has 0 bridgehead atoms. The van der Waals surface area contributed by atoms with Crippen LogP contribution in [0.3, 0.4) is 0 Å². The first kappa shape index (κ1) is 25.7. The minimum absolute atomic E-state index is 0.00287. The number of nitrogens with one attached hydrogen (secondary N) is 1. The molecule has 1 amide bonds. The Morgan fingerprint density at radius 1 is 1.08 bits per heavy atom. The van der Waals surface area contributed by atoms with Gasteiger partial charge in [0.25, 0.3) is 5.91 Å². The van der Waals surface area contributed by atoms with Crippen molar-refractivity contribution in [2.24, 2.45) is 0 Å². The van der Waals surface area contributed by atoms with E-state index in [0.29, 0.717) is 5.75 Å². The van der Waals surface area contributed by atoms with Gasteiger partial charge in [0, 0.05) is 18.2 Å². The fourth-order valence-corrected chi connectivity index (χ4v) is 4.09. The Labute approximate surface area is 208 Å². The molecule has 0 fully saturated rings. The molecule has 0 saturated heterocycles. The van der Waals surface area contributed by atoms with Crippen LogP contribution < -0.4 is 19.5 Å². The number of pyridine rings is 1. The highest BCUT2D eigenvalue weighted by atomic mass is 19.4. The average molecular weight is 520 g/mol. The van der Waals surface area contributed by atoms with E-state index in [-0.39, 0.29) is 41.2 Å². The Balaban J connectivity index is 1.80. The Morgan fingerprint density at radius 2 is 1.84 bits per heavy atom. The summed E-state index contributed by atoms with van der Waals surface area (Å²) in [4.78, 5) is 30.0. The Morgan fingerprint density at radius 3 is 2.51 bits per heavy atom. The number of benzene rings is 2. The molecule has 1 aliphatic heterocycles. The first-order chi connectivity index (χ1) is 17.6. The van der Waals surface area contributed by atoms with Crippen LogP contribution >= 0.6 is 0 Å². The summed E-state index contributed by atoms with van der Waals surface area (Å²) in [6, 6.07) is 10.2. The molecule has 12 heteroatoms. The first-order valence-corrected chi connectivity index (χ1v) is 10.8. The van der Waals surface area contributed by atoms with Crippen LogP contribution in [0.15, 0.2) is 54.7 Å². The molecule has 3 aromatic rings. The van der Waals surface area contributed by atoms with E-state index in [1.54, 1.807) is 12.1 Å². The van der Waals surface area contributed by atoms with Gasteiger partial charge in [-0.1, -0.05) is 6.07 Å². The number of esters is 1. The van der Waals surface area contributed by atoms with Gasteiger partial charge in [-0.2, -0.15) is 0 Å². The molecule has 194 valence electrons. The van der Waals surface area contributed by atoms with Gasteiger partial charge in [-0.05, 0) is 48.0 Å². The SMILES string of the molecule is COC(=O)c1cc(C(=O)N[C@]2(c3ccc(OC(F)(F)F)c(F)c3)CCOc3cccnc32)ccc1OC. The molecule has 0 aliphatic carbocycles. The molecular formula is C25H20F4N2O6. The highest BCUT2D eigenvalue weighted by Gasteiger charge is 2.43. The third-order valence-corrected chi connectivity index (χ3v) is 5.75. The highest BCUT2D eigenvalue weighted by Crippen LogP contribution is 2.42. The van der Waals surface area contributed by atoms with Crippen molar-refractivity contribution in [1.29, 1.82) is 0 Å². The van der Waals surface area contributed by atoms with Crippen molar-refractivity contribution in [3.8, 4) is 17.2 Å². The number of amides is 1. The van der Waals surface area contributed by atoms with Crippen LogP contribution in [0, 0.1) is 5.82 Å². The van der Waals surface area contributed by atoms with E-state index in [2.05, 4.69) is 15.0 Å². The zero-order chi connectivity index (χ0) is 26.8. The van der Waals surface area contributed by atoms with Gasteiger partial charge in [0.1, 0.15) is 28.3 Å². The zero-order valence-electron chi connectivity index (χ0n) is 19.5. The quantitative estimate of drug-likeness (QED) is 0.381. The van der Waals surface area contributed by atoms with Crippen molar-refractivity contribution in [2.45, 2.75) is 18.3 Å². The number of ether oxygens (including phenoxy) is 4. The van der Waals surface area contributed by atoms with Crippen LogP contribution in [0.2, 0.25) is 0 Å². The van der Waals surface area contributed by atoms with Crippen LogP contribution in [0.5, 0.6) is 17.2 Å². The summed E-state index contributed by atoms with van der Waals surface area (Å²) in [5.74, 6) is -3.24. The van der Waals surface area contributed by atoms with E-state index in [0.717, 1.165) is 12.1 Å². The van der Waals surface area contributed by atoms with E-state index in [9.17, 15) is 27.2 Å². The predicted octanol–water partition coefficient (Wildman–Crippen LogP) is 4.37. The van der Waals surface area contributed by atoms with Gasteiger partial charge in [-0.15, -0.1) is 13.2 Å². The molecule has 1 aliphatic rings. The molecular weight excluding hydrogens is 500 g/mol. The lowest BCUT2D eigenvalue weighted by Crippen LogP contribution is -2.50. The molecule has 0 saturated carbocycles. The summed E-state index contributed by atoms with van der Waals surface area (Å²) < 4.78 is 72.0. The van der Waals surface area contributed by atoms with E-state index < -0.39 is 35.3 Å². The maximum atomic E-state index is 14.8. The summed E-state index contributed by atoms with van der Waals surface area (Å²) in [7, 11) is 2.52. The van der Waals surface area contributed by atoms with E-state index in [1.165, 1.54) is 44.7 Å². The van der Waals surface area contributed by atoms with Crippen LogP contribution in [0.25, 0.3) is 0 Å². The highest BCUT2D eigenvalue weighted by molar-refractivity contribution is 6.00. The average Bonchev–Trinajstić information content (AvgIpc) is 2.88. The van der Waals surface area contributed by atoms with Crippen molar-refractivity contribution in [3.63, 3.8) is 0 Å². The van der Waals surface area contributed by atoms with Gasteiger partial charge in [-0.3, -0.25) is 9.78 Å². The van der Waals surface area contributed by atoms with Crippen molar-refractivity contribution >= 4 is 11.9 Å². The molecule has 37 heavy (non-hydrogen) atoms. The maximum Gasteiger partial charge on any atom is 0.573 e. The number of aromatic nitrogens is 1. The van der Waals surface area contributed by atoms with E-state index in [1.807, 2.05) is 0 Å². The lowest BCUT2D eigenvalue weighted by atomic mass is 9.81. The molecule has 8 nitrogen and oxygen atoms in total. The zero-order valence-corrected chi connectivity index (χ0v) is 19.5. The molecule has 0 spiro atoms. The topological polar surface area (TPSA) is 96.0 Å². The summed E-state index contributed by atoms with van der Waals surface area (Å²) in [5, 5.41) is 2.83.